The quantitative estimate of drug-likeness (QED) is 0.738. The number of carbonyl (C=O) groups excluding carboxylic acids is 1. The van der Waals surface area contributed by atoms with Crippen LogP contribution in [0.3, 0.4) is 0 Å². The topological polar surface area (TPSA) is 82.1 Å². The molecule has 7 nitrogen and oxygen atoms in total. The van der Waals surface area contributed by atoms with Crippen LogP contribution in [-0.4, -0.2) is 61.8 Å². The molecule has 0 unspecified atom stereocenters. The van der Waals surface area contributed by atoms with Gasteiger partial charge in [-0.3, -0.25) is 0 Å². The van der Waals surface area contributed by atoms with Gasteiger partial charge in [-0.2, -0.15) is 8.42 Å². The number of urea groups is 1. The van der Waals surface area contributed by atoms with Gasteiger partial charge in [0, 0.05) is 37.3 Å². The van der Waals surface area contributed by atoms with E-state index in [1.54, 1.807) is 4.90 Å². The maximum Gasteiger partial charge on any atom is 0.317 e. The molecule has 30 heavy (non-hydrogen) atoms. The summed E-state index contributed by atoms with van der Waals surface area (Å²) in [6, 6.07) is 5.60. The van der Waals surface area contributed by atoms with Gasteiger partial charge in [0.2, 0.25) is 0 Å². The van der Waals surface area contributed by atoms with E-state index < -0.39 is 10.0 Å². The lowest BCUT2D eigenvalue weighted by Gasteiger charge is -2.28. The largest absolute Gasteiger partial charge is 0.354 e. The molecule has 1 aromatic rings. The van der Waals surface area contributed by atoms with Crippen molar-refractivity contribution in [3.63, 3.8) is 0 Å². The van der Waals surface area contributed by atoms with E-state index in [1.165, 1.54) is 0 Å². The highest BCUT2D eigenvalue weighted by atomic mass is 32.2. The number of nitrogens with zero attached hydrogens (tertiary/aromatic N) is 3. The Morgan fingerprint density at radius 3 is 2.37 bits per heavy atom. The molecule has 1 N–H and O–H groups in total. The van der Waals surface area contributed by atoms with Crippen molar-refractivity contribution in [1.82, 2.24) is 15.1 Å². The molecule has 1 aromatic carbocycles. The third-order valence-electron chi connectivity index (χ3n) is 5.47. The zero-order chi connectivity index (χ0) is 22.3. The fraction of sp³-hybridized carbons (Fsp3) is 0.545. The highest BCUT2D eigenvalue weighted by Crippen LogP contribution is 2.34. The van der Waals surface area contributed by atoms with E-state index in [0.717, 1.165) is 17.5 Å². The molecule has 2 amide bonds. The number of aryl methyl sites for hydroxylation is 2. The minimum absolute atomic E-state index is 0.0894. The summed E-state index contributed by atoms with van der Waals surface area (Å²) in [5.74, 6) is 0.501. The number of benzene rings is 1. The molecule has 3 rings (SSSR count). The Kier molecular flexibility index (Phi) is 6.00. The molecule has 0 radical (unpaired) electrons. The van der Waals surface area contributed by atoms with Crippen molar-refractivity contribution in [2.45, 2.75) is 53.5 Å². The Balaban J connectivity index is 1.83. The lowest BCUT2D eigenvalue weighted by Crippen LogP contribution is -2.49. The van der Waals surface area contributed by atoms with Crippen LogP contribution < -0.4 is 5.32 Å². The number of nitrogens with one attached hydrogen (secondary N) is 1. The van der Waals surface area contributed by atoms with Gasteiger partial charge in [0.05, 0.1) is 0 Å². The predicted octanol–water partition coefficient (Wildman–Crippen LogP) is 3.29. The molecule has 1 fully saturated rings. The first-order chi connectivity index (χ1) is 13.9. The van der Waals surface area contributed by atoms with Crippen molar-refractivity contribution in [3.8, 4) is 0 Å². The SMILES string of the molecule is CC1=C(c2ccc(C)c(C)c2)S(=O)(=O)N=C1N1CCCN(C(=O)NC(C)(C)C)CC1. The number of amidine groups is 1. The molecule has 8 heteroatoms. The molecule has 2 heterocycles. The molecule has 0 aromatic heterocycles. The van der Waals surface area contributed by atoms with E-state index in [2.05, 4.69) is 9.71 Å². The number of amides is 2. The molecule has 164 valence electrons. The molecule has 0 spiro atoms. The molecule has 1 saturated heterocycles. The highest BCUT2D eigenvalue weighted by Gasteiger charge is 2.34. The normalized spacial score (nSPS) is 19.6. The first kappa shape index (κ1) is 22.3. The summed E-state index contributed by atoms with van der Waals surface area (Å²) in [4.78, 5) is 16.6. The van der Waals surface area contributed by atoms with Gasteiger partial charge in [0.15, 0.2) is 0 Å². The Labute approximate surface area is 179 Å². The van der Waals surface area contributed by atoms with E-state index in [0.29, 0.717) is 43.2 Å². The van der Waals surface area contributed by atoms with E-state index in [-0.39, 0.29) is 16.5 Å². The van der Waals surface area contributed by atoms with Gasteiger partial charge in [-0.05, 0) is 64.7 Å². The summed E-state index contributed by atoms with van der Waals surface area (Å²) >= 11 is 0. The Hall–Kier alpha value is -2.35. The van der Waals surface area contributed by atoms with Crippen molar-refractivity contribution in [3.05, 3.63) is 40.5 Å². The third kappa shape index (κ3) is 4.69. The average Bonchev–Trinajstić information content (AvgIpc) is 2.78. The molecular formula is C22H32N4O3S. The lowest BCUT2D eigenvalue weighted by molar-refractivity contribution is 0.191. The molecule has 0 aliphatic carbocycles. The summed E-state index contributed by atoms with van der Waals surface area (Å²) in [7, 11) is -3.75. The Bertz CT molecular complexity index is 1020. The maximum absolute atomic E-state index is 12.9. The molecular weight excluding hydrogens is 400 g/mol. The number of carbonyl (C=O) groups is 1. The van der Waals surface area contributed by atoms with Crippen LogP contribution in [0.5, 0.6) is 0 Å². The van der Waals surface area contributed by atoms with Crippen LogP contribution in [0.1, 0.15) is 50.8 Å². The highest BCUT2D eigenvalue weighted by molar-refractivity contribution is 8.00. The van der Waals surface area contributed by atoms with Crippen LogP contribution in [0.15, 0.2) is 28.2 Å². The van der Waals surface area contributed by atoms with Crippen molar-refractivity contribution in [2.75, 3.05) is 26.2 Å². The Morgan fingerprint density at radius 1 is 1.03 bits per heavy atom. The van der Waals surface area contributed by atoms with Gasteiger partial charge in [-0.25, -0.2) is 4.79 Å². The van der Waals surface area contributed by atoms with Gasteiger partial charge < -0.3 is 15.1 Å². The third-order valence-corrected chi connectivity index (χ3v) is 6.95. The standard InChI is InChI=1S/C22H32N4O3S/c1-15-8-9-18(14-16(15)2)19-17(3)20(24-30(19,28)29)25-10-7-11-26(13-12-25)21(27)23-22(4,5)6/h8-9,14H,7,10-13H2,1-6H3,(H,23,27). The average molecular weight is 433 g/mol. The maximum atomic E-state index is 12.9. The number of rotatable bonds is 1. The van der Waals surface area contributed by atoms with Crippen LogP contribution in [0.4, 0.5) is 4.79 Å². The zero-order valence-corrected chi connectivity index (χ0v) is 19.6. The van der Waals surface area contributed by atoms with Crippen molar-refractivity contribution in [2.24, 2.45) is 4.40 Å². The monoisotopic (exact) mass is 432 g/mol. The van der Waals surface area contributed by atoms with Gasteiger partial charge in [0.25, 0.3) is 10.0 Å². The fourth-order valence-corrected chi connectivity index (χ4v) is 5.27. The van der Waals surface area contributed by atoms with Gasteiger partial charge >= 0.3 is 6.03 Å². The van der Waals surface area contributed by atoms with E-state index >= 15 is 0 Å². The second kappa shape index (κ2) is 8.06. The van der Waals surface area contributed by atoms with E-state index in [9.17, 15) is 13.2 Å². The Morgan fingerprint density at radius 2 is 1.73 bits per heavy atom. The van der Waals surface area contributed by atoms with Gasteiger partial charge in [-0.15, -0.1) is 4.40 Å². The summed E-state index contributed by atoms with van der Waals surface area (Å²) < 4.78 is 29.9. The molecule has 2 aliphatic heterocycles. The fourth-order valence-electron chi connectivity index (χ4n) is 3.80. The number of sulfonamides is 1. The summed E-state index contributed by atoms with van der Waals surface area (Å²) in [6.07, 6.45) is 0.753. The summed E-state index contributed by atoms with van der Waals surface area (Å²) in [6.45, 7) is 14.0. The first-order valence-corrected chi connectivity index (χ1v) is 11.8. The number of hydrogen-bond donors (Lipinski definition) is 1. The number of hydrogen-bond acceptors (Lipinski definition) is 4. The van der Waals surface area contributed by atoms with Crippen molar-refractivity contribution in [1.29, 1.82) is 0 Å². The van der Waals surface area contributed by atoms with E-state index in [1.807, 2.05) is 64.6 Å². The predicted molar refractivity (Wildman–Crippen MR) is 121 cm³/mol. The first-order valence-electron chi connectivity index (χ1n) is 10.3. The van der Waals surface area contributed by atoms with Crippen LogP contribution in [-0.2, 0) is 10.0 Å². The van der Waals surface area contributed by atoms with Crippen molar-refractivity contribution >= 4 is 26.8 Å². The van der Waals surface area contributed by atoms with Crippen LogP contribution in [0, 0.1) is 13.8 Å². The van der Waals surface area contributed by atoms with Crippen molar-refractivity contribution < 1.29 is 13.2 Å². The molecule has 0 atom stereocenters. The van der Waals surface area contributed by atoms with Crippen LogP contribution >= 0.6 is 0 Å². The smallest absolute Gasteiger partial charge is 0.317 e. The van der Waals surface area contributed by atoms with Crippen LogP contribution in [0.2, 0.25) is 0 Å². The van der Waals surface area contributed by atoms with Gasteiger partial charge in [0.1, 0.15) is 10.7 Å². The molecule has 0 saturated carbocycles. The zero-order valence-electron chi connectivity index (χ0n) is 18.7. The minimum atomic E-state index is -3.75. The second-order valence-corrected chi connectivity index (χ2v) is 10.7. The molecule has 2 aliphatic rings. The second-order valence-electron chi connectivity index (χ2n) is 9.15. The van der Waals surface area contributed by atoms with E-state index in [4.69, 9.17) is 0 Å². The lowest BCUT2D eigenvalue weighted by atomic mass is 10.0. The summed E-state index contributed by atoms with van der Waals surface area (Å²) in [5.41, 5.74) is 3.22. The minimum Gasteiger partial charge on any atom is -0.354 e. The van der Waals surface area contributed by atoms with Crippen LogP contribution in [0.25, 0.3) is 4.91 Å². The van der Waals surface area contributed by atoms with Gasteiger partial charge in [-0.1, -0.05) is 18.2 Å². The summed E-state index contributed by atoms with van der Waals surface area (Å²) in [5, 5.41) is 2.99. The molecule has 0 bridgehead atoms.